The van der Waals surface area contributed by atoms with Gasteiger partial charge in [-0.3, -0.25) is 19.8 Å². The van der Waals surface area contributed by atoms with E-state index in [4.69, 9.17) is 9.47 Å². The quantitative estimate of drug-likeness (QED) is 0.328. The maximum absolute atomic E-state index is 12.7. The average Bonchev–Trinajstić information content (AvgIpc) is 3.31. The molecule has 0 atom stereocenters. The summed E-state index contributed by atoms with van der Waals surface area (Å²) in [5, 5.41) is 11.0. The van der Waals surface area contributed by atoms with Crippen molar-refractivity contribution < 1.29 is 9.47 Å². The van der Waals surface area contributed by atoms with Gasteiger partial charge in [0.05, 0.1) is 17.7 Å². The summed E-state index contributed by atoms with van der Waals surface area (Å²) < 4.78 is 11.9. The molecule has 4 rings (SSSR count). The average molecular weight is 449 g/mol. The molecule has 0 aliphatic rings. The molecule has 4 N–H and O–H groups in total. The van der Waals surface area contributed by atoms with Gasteiger partial charge in [-0.1, -0.05) is 35.9 Å². The number of aromatic nitrogens is 4. The fraction of sp³-hybridized carbons (Fsp3) is 0.280. The van der Waals surface area contributed by atoms with E-state index < -0.39 is 5.92 Å². The standard InChI is InChI=1S/C25H28N4O4/c1-5-32-20-12-18(10-11-19(20)33-13-17-8-6-14(2)7-9-17)23(21-15(3)26-28-24(21)30)22-16(4)27-29-25(22)31/h6-12,23H,5,13H2,1-4H3,(H2,26,28,30)(H2,27,29,31). The van der Waals surface area contributed by atoms with Crippen molar-refractivity contribution >= 4 is 0 Å². The first-order chi connectivity index (χ1) is 15.9. The van der Waals surface area contributed by atoms with Crippen molar-refractivity contribution in [2.45, 2.75) is 40.2 Å². The van der Waals surface area contributed by atoms with Crippen molar-refractivity contribution in [2.75, 3.05) is 6.61 Å². The molecule has 0 aliphatic carbocycles. The summed E-state index contributed by atoms with van der Waals surface area (Å²) in [7, 11) is 0. The molecule has 33 heavy (non-hydrogen) atoms. The van der Waals surface area contributed by atoms with E-state index in [9.17, 15) is 9.59 Å². The number of aromatic amines is 4. The Morgan fingerprint density at radius 1 is 0.758 bits per heavy atom. The summed E-state index contributed by atoms with van der Waals surface area (Å²) in [5.41, 5.74) is 4.76. The van der Waals surface area contributed by atoms with Gasteiger partial charge in [0.15, 0.2) is 11.5 Å². The number of H-pyrrole nitrogens is 4. The first-order valence-corrected chi connectivity index (χ1v) is 10.9. The largest absolute Gasteiger partial charge is 0.490 e. The minimum absolute atomic E-state index is 0.268. The van der Waals surface area contributed by atoms with Crippen LogP contribution in [0.15, 0.2) is 52.1 Å². The molecule has 0 unspecified atom stereocenters. The Balaban J connectivity index is 1.76. The molecule has 0 amide bonds. The molecule has 0 saturated carbocycles. The second-order valence-electron chi connectivity index (χ2n) is 8.08. The van der Waals surface area contributed by atoms with E-state index in [0.717, 1.165) is 11.1 Å². The predicted molar refractivity (Wildman–Crippen MR) is 126 cm³/mol. The second kappa shape index (κ2) is 9.28. The summed E-state index contributed by atoms with van der Waals surface area (Å²) in [6.07, 6.45) is 0. The van der Waals surface area contributed by atoms with Crippen LogP contribution >= 0.6 is 0 Å². The highest BCUT2D eigenvalue weighted by molar-refractivity contribution is 5.51. The zero-order chi connectivity index (χ0) is 23.5. The number of rotatable bonds is 8. The lowest BCUT2D eigenvalue weighted by atomic mass is 9.85. The number of hydrogen-bond donors (Lipinski definition) is 4. The van der Waals surface area contributed by atoms with Crippen molar-refractivity contribution in [3.05, 3.63) is 102 Å². The Hall–Kier alpha value is -3.94. The second-order valence-corrected chi connectivity index (χ2v) is 8.08. The van der Waals surface area contributed by atoms with Crippen LogP contribution in [0.1, 0.15) is 52.0 Å². The van der Waals surface area contributed by atoms with Gasteiger partial charge in [0.1, 0.15) is 6.61 Å². The molecule has 8 heteroatoms. The summed E-state index contributed by atoms with van der Waals surface area (Å²) in [4.78, 5) is 25.3. The molecule has 0 bridgehead atoms. The van der Waals surface area contributed by atoms with Gasteiger partial charge < -0.3 is 19.7 Å². The Kier molecular flexibility index (Phi) is 6.26. The van der Waals surface area contributed by atoms with E-state index in [2.05, 4.69) is 20.4 Å². The van der Waals surface area contributed by atoms with Crippen LogP contribution in [0, 0.1) is 20.8 Å². The van der Waals surface area contributed by atoms with E-state index in [-0.39, 0.29) is 11.1 Å². The van der Waals surface area contributed by atoms with E-state index in [1.165, 1.54) is 5.56 Å². The van der Waals surface area contributed by atoms with Gasteiger partial charge in [-0.05, 0) is 51.0 Å². The normalized spacial score (nSPS) is 11.2. The topological polar surface area (TPSA) is 116 Å². The number of aryl methyl sites for hydroxylation is 3. The van der Waals surface area contributed by atoms with Crippen molar-refractivity contribution in [3.8, 4) is 11.5 Å². The molecule has 2 aromatic heterocycles. The monoisotopic (exact) mass is 448 g/mol. The highest BCUT2D eigenvalue weighted by Crippen LogP contribution is 2.37. The number of hydrogen-bond acceptors (Lipinski definition) is 4. The predicted octanol–water partition coefficient (Wildman–Crippen LogP) is 3.80. The molecular weight excluding hydrogens is 420 g/mol. The van der Waals surface area contributed by atoms with E-state index in [0.29, 0.717) is 47.2 Å². The first kappa shape index (κ1) is 22.3. The summed E-state index contributed by atoms with van der Waals surface area (Å²) in [6.45, 7) is 8.40. The molecule has 2 aromatic carbocycles. The zero-order valence-corrected chi connectivity index (χ0v) is 19.2. The zero-order valence-electron chi connectivity index (χ0n) is 19.2. The van der Waals surface area contributed by atoms with Crippen molar-refractivity contribution in [1.29, 1.82) is 0 Å². The van der Waals surface area contributed by atoms with E-state index in [1.54, 1.807) is 13.8 Å². The molecule has 0 spiro atoms. The highest BCUT2D eigenvalue weighted by atomic mass is 16.5. The Morgan fingerprint density at radius 2 is 1.36 bits per heavy atom. The van der Waals surface area contributed by atoms with Crippen LogP contribution in [0.25, 0.3) is 0 Å². The minimum atomic E-state index is -0.583. The van der Waals surface area contributed by atoms with Crippen molar-refractivity contribution in [1.82, 2.24) is 20.4 Å². The van der Waals surface area contributed by atoms with Gasteiger partial charge in [-0.2, -0.15) is 0 Å². The van der Waals surface area contributed by atoms with Crippen LogP contribution in [0.5, 0.6) is 11.5 Å². The maximum atomic E-state index is 12.7. The molecule has 4 aromatic rings. The minimum Gasteiger partial charge on any atom is -0.490 e. The molecule has 0 saturated heterocycles. The Bertz CT molecular complexity index is 1300. The maximum Gasteiger partial charge on any atom is 0.268 e. The fourth-order valence-electron chi connectivity index (χ4n) is 4.02. The first-order valence-electron chi connectivity index (χ1n) is 10.9. The van der Waals surface area contributed by atoms with Gasteiger partial charge >= 0.3 is 0 Å². The van der Waals surface area contributed by atoms with Crippen molar-refractivity contribution in [3.63, 3.8) is 0 Å². The molecule has 0 fully saturated rings. The Labute approximate surface area is 191 Å². The van der Waals surface area contributed by atoms with Gasteiger partial charge in [0, 0.05) is 17.3 Å². The number of ether oxygens (including phenoxy) is 2. The number of nitrogens with one attached hydrogen (secondary N) is 4. The van der Waals surface area contributed by atoms with Gasteiger partial charge in [-0.25, -0.2) is 0 Å². The highest BCUT2D eigenvalue weighted by Gasteiger charge is 2.29. The van der Waals surface area contributed by atoms with Crippen LogP contribution in [-0.2, 0) is 6.61 Å². The molecule has 8 nitrogen and oxygen atoms in total. The third-order valence-corrected chi connectivity index (χ3v) is 5.72. The van der Waals surface area contributed by atoms with Gasteiger partial charge in [0.2, 0.25) is 0 Å². The van der Waals surface area contributed by atoms with E-state index in [1.807, 2.05) is 56.3 Å². The molecule has 172 valence electrons. The number of benzene rings is 2. The van der Waals surface area contributed by atoms with Gasteiger partial charge in [0.25, 0.3) is 11.1 Å². The molecular formula is C25H28N4O4. The smallest absolute Gasteiger partial charge is 0.268 e. The summed E-state index contributed by atoms with van der Waals surface area (Å²) >= 11 is 0. The third-order valence-electron chi connectivity index (χ3n) is 5.72. The lowest BCUT2D eigenvalue weighted by Crippen LogP contribution is -2.20. The van der Waals surface area contributed by atoms with Crippen LogP contribution in [0.2, 0.25) is 0 Å². The summed E-state index contributed by atoms with van der Waals surface area (Å²) in [6, 6.07) is 13.7. The van der Waals surface area contributed by atoms with Gasteiger partial charge in [-0.15, -0.1) is 0 Å². The third kappa shape index (κ3) is 4.50. The Morgan fingerprint density at radius 3 is 1.88 bits per heavy atom. The molecule has 2 heterocycles. The lowest BCUT2D eigenvalue weighted by Gasteiger charge is -2.19. The fourth-order valence-corrected chi connectivity index (χ4v) is 4.02. The van der Waals surface area contributed by atoms with Crippen LogP contribution in [-0.4, -0.2) is 27.0 Å². The van der Waals surface area contributed by atoms with Crippen LogP contribution in [0.4, 0.5) is 0 Å². The van der Waals surface area contributed by atoms with Crippen LogP contribution in [0.3, 0.4) is 0 Å². The van der Waals surface area contributed by atoms with Crippen LogP contribution < -0.4 is 20.6 Å². The molecule has 0 radical (unpaired) electrons. The molecule has 0 aliphatic heterocycles. The lowest BCUT2D eigenvalue weighted by molar-refractivity contribution is 0.269. The van der Waals surface area contributed by atoms with E-state index >= 15 is 0 Å². The van der Waals surface area contributed by atoms with Crippen molar-refractivity contribution in [2.24, 2.45) is 0 Å². The SMILES string of the molecule is CCOc1cc(C(c2c(C)[nH][nH]c2=O)c2c(C)[nH][nH]c2=O)ccc1OCc1ccc(C)cc1. The summed E-state index contributed by atoms with van der Waals surface area (Å²) in [5.74, 6) is 0.570.